The lowest BCUT2D eigenvalue weighted by atomic mass is 9.93. The number of rotatable bonds is 2. The topological polar surface area (TPSA) is 12.0 Å². The maximum absolute atomic E-state index is 14.1. The highest BCUT2D eigenvalue weighted by Crippen LogP contribution is 2.32. The lowest BCUT2D eigenvalue weighted by Gasteiger charge is -2.25. The highest BCUT2D eigenvalue weighted by molar-refractivity contribution is 9.10. The summed E-state index contributed by atoms with van der Waals surface area (Å²) in [7, 11) is 0. The van der Waals surface area contributed by atoms with E-state index in [4.69, 9.17) is 0 Å². The van der Waals surface area contributed by atoms with E-state index < -0.39 is 0 Å². The van der Waals surface area contributed by atoms with Crippen molar-refractivity contribution in [2.45, 2.75) is 45.1 Å². The minimum atomic E-state index is -0.103. The lowest BCUT2D eigenvalue weighted by molar-refractivity contribution is 0.399. The van der Waals surface area contributed by atoms with Crippen LogP contribution in [0.5, 0.6) is 0 Å². The Morgan fingerprint density at radius 2 is 2.12 bits per heavy atom. The normalized spacial score (nSPS) is 20.9. The SMILES string of the molecule is CC(C)c1cc(Br)c(F)c(C2CCCCN2)c1. The van der Waals surface area contributed by atoms with Gasteiger partial charge in [-0.25, -0.2) is 4.39 Å². The molecule has 1 fully saturated rings. The molecule has 94 valence electrons. The van der Waals surface area contributed by atoms with Gasteiger partial charge in [-0.2, -0.15) is 0 Å². The molecule has 0 radical (unpaired) electrons. The Morgan fingerprint density at radius 3 is 2.71 bits per heavy atom. The van der Waals surface area contributed by atoms with Crippen LogP contribution in [0.2, 0.25) is 0 Å². The number of nitrogens with one attached hydrogen (secondary N) is 1. The fraction of sp³-hybridized carbons (Fsp3) is 0.571. The maximum atomic E-state index is 14.1. The van der Waals surface area contributed by atoms with Crippen LogP contribution in [0, 0.1) is 5.82 Å². The van der Waals surface area contributed by atoms with E-state index in [0.717, 1.165) is 18.5 Å². The second-order valence-electron chi connectivity index (χ2n) is 5.06. The van der Waals surface area contributed by atoms with E-state index in [1.807, 2.05) is 12.1 Å². The van der Waals surface area contributed by atoms with Crippen molar-refractivity contribution in [3.05, 3.63) is 33.5 Å². The molecule has 0 aromatic heterocycles. The van der Waals surface area contributed by atoms with Gasteiger partial charge in [-0.1, -0.05) is 26.3 Å². The molecular weight excluding hydrogens is 281 g/mol. The van der Waals surface area contributed by atoms with Gasteiger partial charge in [0.25, 0.3) is 0 Å². The molecule has 2 rings (SSSR count). The molecule has 3 heteroatoms. The maximum Gasteiger partial charge on any atom is 0.142 e. The van der Waals surface area contributed by atoms with E-state index in [-0.39, 0.29) is 11.9 Å². The molecule has 1 saturated heterocycles. The fourth-order valence-electron chi connectivity index (χ4n) is 2.34. The Bertz CT molecular complexity index is 397. The molecule has 1 aromatic rings. The molecule has 1 nitrogen and oxygen atoms in total. The van der Waals surface area contributed by atoms with Gasteiger partial charge < -0.3 is 5.32 Å². The van der Waals surface area contributed by atoms with Gasteiger partial charge in [-0.05, 0) is 52.9 Å². The molecule has 1 atom stereocenters. The van der Waals surface area contributed by atoms with Crippen molar-refractivity contribution in [1.29, 1.82) is 0 Å². The van der Waals surface area contributed by atoms with Gasteiger partial charge in [0.15, 0.2) is 0 Å². The molecule has 17 heavy (non-hydrogen) atoms. The Hall–Kier alpha value is -0.410. The standard InChI is InChI=1S/C14H19BrFN/c1-9(2)10-7-11(14(16)12(15)8-10)13-5-3-4-6-17-13/h7-9,13,17H,3-6H2,1-2H3. The molecule has 0 bridgehead atoms. The van der Waals surface area contributed by atoms with Crippen molar-refractivity contribution in [3.63, 3.8) is 0 Å². The van der Waals surface area contributed by atoms with E-state index in [9.17, 15) is 4.39 Å². The second-order valence-corrected chi connectivity index (χ2v) is 5.92. The van der Waals surface area contributed by atoms with Crippen LogP contribution in [0.1, 0.15) is 56.2 Å². The van der Waals surface area contributed by atoms with Crippen molar-refractivity contribution in [3.8, 4) is 0 Å². The number of benzene rings is 1. The van der Waals surface area contributed by atoms with Crippen molar-refractivity contribution >= 4 is 15.9 Å². The average Bonchev–Trinajstić information content (AvgIpc) is 2.33. The summed E-state index contributed by atoms with van der Waals surface area (Å²) < 4.78 is 14.7. The molecule has 1 aromatic carbocycles. The number of piperidine rings is 1. The van der Waals surface area contributed by atoms with Crippen molar-refractivity contribution in [2.24, 2.45) is 0 Å². The summed E-state index contributed by atoms with van der Waals surface area (Å²) in [5.41, 5.74) is 2.02. The van der Waals surface area contributed by atoms with Gasteiger partial charge in [0.05, 0.1) is 4.47 Å². The van der Waals surface area contributed by atoms with Gasteiger partial charge >= 0.3 is 0 Å². The first-order chi connectivity index (χ1) is 8.09. The van der Waals surface area contributed by atoms with Gasteiger partial charge in [-0.15, -0.1) is 0 Å². The summed E-state index contributed by atoms with van der Waals surface area (Å²) >= 11 is 3.33. The molecule has 1 aliphatic heterocycles. The molecule has 0 saturated carbocycles. The van der Waals surface area contributed by atoms with E-state index in [2.05, 4.69) is 35.1 Å². The molecule has 1 N–H and O–H groups in total. The Balaban J connectivity index is 2.36. The van der Waals surface area contributed by atoms with Crippen LogP contribution >= 0.6 is 15.9 Å². The van der Waals surface area contributed by atoms with Gasteiger partial charge in [0.1, 0.15) is 5.82 Å². The minimum absolute atomic E-state index is 0.103. The van der Waals surface area contributed by atoms with Crippen LogP contribution in [0.3, 0.4) is 0 Å². The van der Waals surface area contributed by atoms with Crippen molar-refractivity contribution < 1.29 is 4.39 Å². The highest BCUT2D eigenvalue weighted by Gasteiger charge is 2.21. The van der Waals surface area contributed by atoms with E-state index in [1.165, 1.54) is 18.4 Å². The summed E-state index contributed by atoms with van der Waals surface area (Å²) in [5.74, 6) is 0.322. The van der Waals surface area contributed by atoms with Gasteiger partial charge in [0.2, 0.25) is 0 Å². The zero-order valence-electron chi connectivity index (χ0n) is 10.4. The summed E-state index contributed by atoms with van der Waals surface area (Å²) in [5, 5.41) is 3.41. The Kier molecular flexibility index (Phi) is 4.21. The second kappa shape index (κ2) is 5.49. The zero-order chi connectivity index (χ0) is 12.4. The summed E-state index contributed by atoms with van der Waals surface area (Å²) in [4.78, 5) is 0. The van der Waals surface area contributed by atoms with E-state index in [1.54, 1.807) is 0 Å². The number of hydrogen-bond acceptors (Lipinski definition) is 1. The molecule has 1 aliphatic rings. The fourth-order valence-corrected chi connectivity index (χ4v) is 2.83. The first kappa shape index (κ1) is 13.0. The zero-order valence-corrected chi connectivity index (χ0v) is 12.0. The summed E-state index contributed by atoms with van der Waals surface area (Å²) in [6.45, 7) is 5.27. The number of halogens is 2. The Labute approximate surface area is 111 Å². The van der Waals surface area contributed by atoms with Gasteiger partial charge in [-0.3, -0.25) is 0 Å². The van der Waals surface area contributed by atoms with Crippen LogP contribution < -0.4 is 5.32 Å². The van der Waals surface area contributed by atoms with Crippen LogP contribution in [0.4, 0.5) is 4.39 Å². The predicted molar refractivity (Wildman–Crippen MR) is 72.8 cm³/mol. The molecule has 1 unspecified atom stereocenters. The molecular formula is C14H19BrFN. The molecule has 1 heterocycles. The molecule has 0 amide bonds. The third kappa shape index (κ3) is 2.89. The highest BCUT2D eigenvalue weighted by atomic mass is 79.9. The van der Waals surface area contributed by atoms with Crippen LogP contribution in [0.15, 0.2) is 16.6 Å². The average molecular weight is 300 g/mol. The summed E-state index contributed by atoms with van der Waals surface area (Å²) in [6.07, 6.45) is 3.41. The van der Waals surface area contributed by atoms with Crippen LogP contribution in [-0.2, 0) is 0 Å². The van der Waals surface area contributed by atoms with E-state index >= 15 is 0 Å². The number of hydrogen-bond donors (Lipinski definition) is 1. The third-order valence-corrected chi connectivity index (χ3v) is 4.01. The van der Waals surface area contributed by atoms with Gasteiger partial charge in [0, 0.05) is 11.6 Å². The molecule has 0 spiro atoms. The largest absolute Gasteiger partial charge is 0.310 e. The van der Waals surface area contributed by atoms with Crippen molar-refractivity contribution in [2.75, 3.05) is 6.54 Å². The predicted octanol–water partition coefficient (Wildman–Crippen LogP) is 4.53. The quantitative estimate of drug-likeness (QED) is 0.846. The molecule has 0 aliphatic carbocycles. The lowest BCUT2D eigenvalue weighted by Crippen LogP contribution is -2.27. The van der Waals surface area contributed by atoms with Crippen molar-refractivity contribution in [1.82, 2.24) is 5.32 Å². The minimum Gasteiger partial charge on any atom is -0.310 e. The first-order valence-electron chi connectivity index (χ1n) is 6.32. The first-order valence-corrected chi connectivity index (χ1v) is 7.11. The Morgan fingerprint density at radius 1 is 1.35 bits per heavy atom. The smallest absolute Gasteiger partial charge is 0.142 e. The van der Waals surface area contributed by atoms with E-state index in [0.29, 0.717) is 10.4 Å². The summed E-state index contributed by atoms with van der Waals surface area (Å²) in [6, 6.07) is 4.10. The van der Waals surface area contributed by atoms with Crippen LogP contribution in [0.25, 0.3) is 0 Å². The monoisotopic (exact) mass is 299 g/mol. The van der Waals surface area contributed by atoms with Crippen LogP contribution in [-0.4, -0.2) is 6.54 Å². The third-order valence-electron chi connectivity index (χ3n) is 3.43.